The average Bonchev–Trinajstić information content (AvgIpc) is 2.06. The largest absolute Gasteiger partial charge is 0.394 e. The van der Waals surface area contributed by atoms with Crippen LogP contribution in [0.15, 0.2) is 23.3 Å². The van der Waals surface area contributed by atoms with Gasteiger partial charge in [0.25, 0.3) is 0 Å². The van der Waals surface area contributed by atoms with Crippen LogP contribution in [0.2, 0.25) is 0 Å². The van der Waals surface area contributed by atoms with Gasteiger partial charge < -0.3 is 10.3 Å². The Labute approximate surface area is 82.1 Å². The van der Waals surface area contributed by atoms with E-state index in [0.29, 0.717) is 6.54 Å². The fraction of sp³-hybridized carbons (Fsp3) is 0.375. The molecule has 14 heavy (non-hydrogen) atoms. The molecule has 0 spiro atoms. The number of aryl methyl sites for hydroxylation is 1. The second kappa shape index (κ2) is 3.83. The minimum Gasteiger partial charge on any atom is -0.394 e. The van der Waals surface area contributed by atoms with Crippen LogP contribution >= 0.6 is 0 Å². The van der Waals surface area contributed by atoms with Crippen molar-refractivity contribution in [2.75, 3.05) is 17.7 Å². The Kier molecular flexibility index (Phi) is 2.95. The minimum absolute atomic E-state index is 0.0370. The summed E-state index contributed by atoms with van der Waals surface area (Å²) in [5.74, 6) is 0.0370. The number of nitrogen functional groups attached to an aromatic ring is 1. The van der Waals surface area contributed by atoms with Crippen molar-refractivity contribution in [1.82, 2.24) is 4.57 Å². The second-order valence-corrected chi connectivity index (χ2v) is 5.39. The number of nitrogens with two attached hydrogens (primary N) is 1. The molecule has 0 atom stereocenters. The average molecular weight is 216 g/mol. The highest BCUT2D eigenvalue weighted by atomic mass is 32.2. The van der Waals surface area contributed by atoms with E-state index in [1.165, 1.54) is 24.7 Å². The van der Waals surface area contributed by atoms with Crippen LogP contribution in [0.4, 0.5) is 5.69 Å². The van der Waals surface area contributed by atoms with Gasteiger partial charge in [-0.25, -0.2) is 8.42 Å². The number of pyridine rings is 1. The summed E-state index contributed by atoms with van der Waals surface area (Å²) < 4.78 is 23.3. The number of hydrogen-bond acceptors (Lipinski definition) is 4. The van der Waals surface area contributed by atoms with Crippen molar-refractivity contribution in [3.63, 3.8) is 0 Å². The summed E-state index contributed by atoms with van der Waals surface area (Å²) in [7, 11) is -2.99. The van der Waals surface area contributed by atoms with Crippen LogP contribution in [0.1, 0.15) is 0 Å². The summed E-state index contributed by atoms with van der Waals surface area (Å²) in [4.78, 5) is 10.9. The summed E-state index contributed by atoms with van der Waals surface area (Å²) in [6, 6.07) is 1.32. The van der Waals surface area contributed by atoms with Crippen molar-refractivity contribution in [1.29, 1.82) is 0 Å². The summed E-state index contributed by atoms with van der Waals surface area (Å²) in [5.41, 5.74) is 5.25. The third-order valence-electron chi connectivity index (χ3n) is 1.73. The van der Waals surface area contributed by atoms with Gasteiger partial charge in [-0.2, -0.15) is 0 Å². The van der Waals surface area contributed by atoms with Gasteiger partial charge in [-0.05, 0) is 0 Å². The zero-order valence-corrected chi connectivity index (χ0v) is 8.62. The maximum atomic E-state index is 10.9. The van der Waals surface area contributed by atoms with Crippen molar-refractivity contribution < 1.29 is 8.42 Å². The quantitative estimate of drug-likeness (QED) is 0.736. The summed E-state index contributed by atoms with van der Waals surface area (Å²) in [5, 5.41) is 0. The fourth-order valence-electron chi connectivity index (χ4n) is 0.955. The van der Waals surface area contributed by atoms with Crippen LogP contribution in [-0.2, 0) is 16.4 Å². The smallest absolute Gasteiger partial charge is 0.204 e. The molecule has 0 aromatic carbocycles. The van der Waals surface area contributed by atoms with Crippen LogP contribution in [-0.4, -0.2) is 25.0 Å². The molecule has 0 fully saturated rings. The van der Waals surface area contributed by atoms with Crippen molar-refractivity contribution in [3.8, 4) is 0 Å². The third-order valence-corrected chi connectivity index (χ3v) is 2.65. The maximum Gasteiger partial charge on any atom is 0.204 e. The third kappa shape index (κ3) is 3.21. The van der Waals surface area contributed by atoms with Gasteiger partial charge in [0, 0.05) is 31.3 Å². The Morgan fingerprint density at radius 2 is 2.14 bits per heavy atom. The van der Waals surface area contributed by atoms with Crippen LogP contribution < -0.4 is 11.2 Å². The molecule has 1 rings (SSSR count). The van der Waals surface area contributed by atoms with E-state index in [4.69, 9.17) is 5.73 Å². The van der Waals surface area contributed by atoms with E-state index < -0.39 is 9.84 Å². The molecule has 2 N–H and O–H groups in total. The molecule has 0 aliphatic carbocycles. The highest BCUT2D eigenvalue weighted by molar-refractivity contribution is 7.90. The van der Waals surface area contributed by atoms with Gasteiger partial charge in [-0.3, -0.25) is 4.79 Å². The van der Waals surface area contributed by atoms with E-state index in [1.807, 2.05) is 0 Å². The molecule has 0 radical (unpaired) electrons. The monoisotopic (exact) mass is 216 g/mol. The molecule has 6 heteroatoms. The van der Waals surface area contributed by atoms with Gasteiger partial charge >= 0.3 is 0 Å². The zero-order chi connectivity index (χ0) is 10.8. The van der Waals surface area contributed by atoms with E-state index in [-0.39, 0.29) is 16.9 Å². The lowest BCUT2D eigenvalue weighted by Crippen LogP contribution is -2.15. The molecular weight excluding hydrogens is 204 g/mol. The number of nitrogens with zero attached hydrogens (tertiary/aromatic N) is 1. The molecule has 0 aliphatic heterocycles. The fourth-order valence-corrected chi connectivity index (χ4v) is 1.50. The van der Waals surface area contributed by atoms with Gasteiger partial charge in [0.1, 0.15) is 9.84 Å². The summed E-state index contributed by atoms with van der Waals surface area (Å²) >= 11 is 0. The lowest BCUT2D eigenvalue weighted by molar-refractivity contribution is 0.594. The first-order chi connectivity index (χ1) is 6.38. The van der Waals surface area contributed by atoms with Crippen LogP contribution in [0.3, 0.4) is 0 Å². The number of sulfone groups is 1. The van der Waals surface area contributed by atoms with E-state index >= 15 is 0 Å². The van der Waals surface area contributed by atoms with Gasteiger partial charge in [0.15, 0.2) is 0 Å². The van der Waals surface area contributed by atoms with Crippen molar-refractivity contribution >= 4 is 15.5 Å². The summed E-state index contributed by atoms with van der Waals surface area (Å²) in [6.45, 7) is 0.309. The first kappa shape index (κ1) is 10.8. The zero-order valence-electron chi connectivity index (χ0n) is 7.80. The topological polar surface area (TPSA) is 82.2 Å². The maximum absolute atomic E-state index is 10.9. The van der Waals surface area contributed by atoms with Gasteiger partial charge in [0.2, 0.25) is 5.43 Å². The normalized spacial score (nSPS) is 11.5. The Morgan fingerprint density at radius 1 is 1.50 bits per heavy atom. The molecule has 1 aromatic rings. The molecule has 5 nitrogen and oxygen atoms in total. The van der Waals surface area contributed by atoms with Crippen molar-refractivity contribution in [2.45, 2.75) is 6.54 Å². The molecule has 0 aliphatic rings. The Balaban J connectivity index is 2.79. The van der Waals surface area contributed by atoms with Gasteiger partial charge in [0.05, 0.1) is 11.4 Å². The molecule has 0 saturated heterocycles. The number of anilines is 1. The highest BCUT2D eigenvalue weighted by Gasteiger charge is 2.02. The lowest BCUT2D eigenvalue weighted by atomic mass is 10.4. The second-order valence-electron chi connectivity index (χ2n) is 3.13. The Hall–Kier alpha value is -1.30. The first-order valence-corrected chi connectivity index (χ1v) is 6.08. The molecule has 0 unspecified atom stereocenters. The standard InChI is InChI=1S/C8H12N2O3S/c1-14(12,13)5-4-10-3-2-8(11)7(9)6-10/h2-3,6H,4-5,9H2,1H3. The molecule has 0 saturated carbocycles. The molecule has 0 amide bonds. The minimum atomic E-state index is -2.99. The van der Waals surface area contributed by atoms with Crippen molar-refractivity contribution in [3.05, 3.63) is 28.7 Å². The van der Waals surface area contributed by atoms with Gasteiger partial charge in [-0.1, -0.05) is 0 Å². The van der Waals surface area contributed by atoms with Gasteiger partial charge in [-0.15, -0.1) is 0 Å². The van der Waals surface area contributed by atoms with Crippen molar-refractivity contribution in [2.24, 2.45) is 0 Å². The lowest BCUT2D eigenvalue weighted by Gasteiger charge is -2.05. The van der Waals surface area contributed by atoms with E-state index in [1.54, 1.807) is 4.57 Å². The Morgan fingerprint density at radius 3 is 2.64 bits per heavy atom. The number of rotatable bonds is 3. The molecule has 1 heterocycles. The number of aromatic nitrogens is 1. The van der Waals surface area contributed by atoms with Crippen LogP contribution in [0.5, 0.6) is 0 Å². The van der Waals surface area contributed by atoms with Crippen LogP contribution in [0, 0.1) is 0 Å². The first-order valence-electron chi connectivity index (χ1n) is 4.02. The predicted octanol–water partition coefficient (Wildman–Crippen LogP) is -0.525. The molecule has 78 valence electrons. The molecular formula is C8H12N2O3S. The number of hydrogen-bond donors (Lipinski definition) is 1. The summed E-state index contributed by atoms with van der Waals surface area (Å²) in [6.07, 6.45) is 4.12. The highest BCUT2D eigenvalue weighted by Crippen LogP contribution is 1.94. The van der Waals surface area contributed by atoms with Crippen LogP contribution in [0.25, 0.3) is 0 Å². The Bertz CT molecular complexity index is 476. The van der Waals surface area contributed by atoms with E-state index in [2.05, 4.69) is 0 Å². The molecule has 1 aromatic heterocycles. The van der Waals surface area contributed by atoms with E-state index in [9.17, 15) is 13.2 Å². The molecule has 0 bridgehead atoms. The SMILES string of the molecule is CS(=O)(=O)CCn1ccc(=O)c(N)c1. The predicted molar refractivity (Wildman–Crippen MR) is 54.8 cm³/mol. The van der Waals surface area contributed by atoms with E-state index in [0.717, 1.165) is 0 Å².